The number of benzene rings is 2. The number of urea groups is 1. The maximum absolute atomic E-state index is 12.9. The Morgan fingerprint density at radius 1 is 0.966 bits per heavy atom. The van der Waals surface area contributed by atoms with Crippen LogP contribution in [0.5, 0.6) is 5.75 Å². The SMILES string of the molecule is CCN(CC)c1ccc(/C=C2\C(=O)NC(=O)N(c3ccc(OC)cc3)C2=O)cc1. The molecule has 0 spiro atoms. The van der Waals surface area contributed by atoms with Gasteiger partial charge in [0.05, 0.1) is 12.8 Å². The summed E-state index contributed by atoms with van der Waals surface area (Å²) in [6, 6.07) is 13.2. The van der Waals surface area contributed by atoms with E-state index in [2.05, 4.69) is 24.1 Å². The van der Waals surface area contributed by atoms with E-state index >= 15 is 0 Å². The minimum atomic E-state index is -0.779. The number of carbonyl (C=O) groups excluding carboxylic acids is 3. The fourth-order valence-corrected chi connectivity index (χ4v) is 3.16. The number of methoxy groups -OCH3 is 1. The maximum atomic E-state index is 12.9. The smallest absolute Gasteiger partial charge is 0.335 e. The minimum absolute atomic E-state index is 0.101. The van der Waals surface area contributed by atoms with E-state index in [9.17, 15) is 14.4 Å². The summed E-state index contributed by atoms with van der Waals surface area (Å²) in [5.41, 5.74) is 2.01. The average molecular weight is 393 g/mol. The maximum Gasteiger partial charge on any atom is 0.335 e. The molecule has 0 saturated carbocycles. The lowest BCUT2D eigenvalue weighted by Crippen LogP contribution is -2.54. The predicted octanol–water partition coefficient (Wildman–Crippen LogP) is 3.21. The number of amides is 4. The Morgan fingerprint density at radius 3 is 2.14 bits per heavy atom. The van der Waals surface area contributed by atoms with Crippen LogP contribution in [0.4, 0.5) is 16.2 Å². The summed E-state index contributed by atoms with van der Waals surface area (Å²) in [5.74, 6) is -0.784. The molecule has 1 aliphatic rings. The zero-order chi connectivity index (χ0) is 21.0. The first-order valence-corrected chi connectivity index (χ1v) is 9.39. The van der Waals surface area contributed by atoms with Crippen molar-refractivity contribution in [1.29, 1.82) is 0 Å². The number of hydrogen-bond donors (Lipinski definition) is 1. The van der Waals surface area contributed by atoms with Crippen LogP contribution in [0.3, 0.4) is 0 Å². The van der Waals surface area contributed by atoms with Gasteiger partial charge in [0.25, 0.3) is 11.8 Å². The number of anilines is 2. The van der Waals surface area contributed by atoms with E-state index in [0.29, 0.717) is 17.0 Å². The molecule has 2 aromatic rings. The zero-order valence-corrected chi connectivity index (χ0v) is 16.6. The van der Waals surface area contributed by atoms with Crippen LogP contribution in [0.15, 0.2) is 54.1 Å². The summed E-state index contributed by atoms with van der Waals surface area (Å²) in [6.45, 7) is 5.93. The molecular weight excluding hydrogens is 370 g/mol. The molecule has 1 N–H and O–H groups in total. The van der Waals surface area contributed by atoms with Crippen molar-refractivity contribution in [3.05, 3.63) is 59.7 Å². The first-order chi connectivity index (χ1) is 14.0. The highest BCUT2D eigenvalue weighted by molar-refractivity contribution is 6.39. The van der Waals surface area contributed by atoms with Crippen LogP contribution in [0, 0.1) is 0 Å². The fourth-order valence-electron chi connectivity index (χ4n) is 3.16. The van der Waals surface area contributed by atoms with E-state index < -0.39 is 17.8 Å². The average Bonchev–Trinajstić information content (AvgIpc) is 2.73. The number of imide groups is 2. The largest absolute Gasteiger partial charge is 0.497 e. The Balaban J connectivity index is 1.90. The molecule has 7 heteroatoms. The normalized spacial score (nSPS) is 15.5. The second-order valence-electron chi connectivity index (χ2n) is 6.42. The van der Waals surface area contributed by atoms with E-state index in [-0.39, 0.29) is 5.57 Å². The number of carbonyl (C=O) groups is 3. The summed E-state index contributed by atoms with van der Waals surface area (Å²) in [7, 11) is 1.53. The van der Waals surface area contributed by atoms with Gasteiger partial charge < -0.3 is 9.64 Å². The van der Waals surface area contributed by atoms with Gasteiger partial charge in [0.2, 0.25) is 0 Å². The van der Waals surface area contributed by atoms with E-state index in [1.807, 2.05) is 24.3 Å². The lowest BCUT2D eigenvalue weighted by atomic mass is 10.1. The molecule has 0 aromatic heterocycles. The first kappa shape index (κ1) is 20.1. The Labute approximate surface area is 169 Å². The molecule has 29 heavy (non-hydrogen) atoms. The van der Waals surface area contributed by atoms with Crippen molar-refractivity contribution in [2.75, 3.05) is 30.0 Å². The third-order valence-corrected chi connectivity index (χ3v) is 4.76. The molecule has 0 atom stereocenters. The summed E-state index contributed by atoms with van der Waals surface area (Å²) in [4.78, 5) is 40.6. The number of nitrogens with zero attached hydrogens (tertiary/aromatic N) is 2. The van der Waals surface area contributed by atoms with Crippen molar-refractivity contribution in [1.82, 2.24) is 5.32 Å². The minimum Gasteiger partial charge on any atom is -0.497 e. The van der Waals surface area contributed by atoms with Gasteiger partial charge in [-0.1, -0.05) is 12.1 Å². The topological polar surface area (TPSA) is 79.0 Å². The van der Waals surface area contributed by atoms with Crippen LogP contribution in [-0.2, 0) is 9.59 Å². The predicted molar refractivity (Wildman–Crippen MR) is 112 cm³/mol. The zero-order valence-electron chi connectivity index (χ0n) is 16.6. The van der Waals surface area contributed by atoms with Gasteiger partial charge >= 0.3 is 6.03 Å². The number of ether oxygens (including phenoxy) is 1. The molecule has 3 rings (SSSR count). The van der Waals surface area contributed by atoms with Crippen LogP contribution in [0.25, 0.3) is 6.08 Å². The molecule has 0 bridgehead atoms. The molecule has 1 fully saturated rings. The standard InChI is InChI=1S/C22H23N3O4/c1-4-24(5-2)16-8-6-15(7-9-16)14-19-20(26)23-22(28)25(21(19)27)17-10-12-18(29-3)13-11-17/h6-14H,4-5H2,1-3H3,(H,23,26,28)/b19-14+. The fraction of sp³-hybridized carbons (Fsp3) is 0.227. The Bertz CT molecular complexity index is 945. The molecule has 1 aliphatic heterocycles. The summed E-state index contributed by atoms with van der Waals surface area (Å²) < 4.78 is 5.10. The lowest BCUT2D eigenvalue weighted by molar-refractivity contribution is -0.122. The molecule has 4 amide bonds. The van der Waals surface area contributed by atoms with Gasteiger partial charge in [-0.15, -0.1) is 0 Å². The van der Waals surface area contributed by atoms with Crippen LogP contribution in [0.2, 0.25) is 0 Å². The molecule has 150 valence electrons. The van der Waals surface area contributed by atoms with Crippen molar-refractivity contribution < 1.29 is 19.1 Å². The van der Waals surface area contributed by atoms with Crippen molar-refractivity contribution in [3.8, 4) is 5.75 Å². The molecule has 0 aliphatic carbocycles. The summed E-state index contributed by atoms with van der Waals surface area (Å²) in [5, 5.41) is 2.22. The van der Waals surface area contributed by atoms with Crippen molar-refractivity contribution in [3.63, 3.8) is 0 Å². The van der Waals surface area contributed by atoms with Crippen LogP contribution in [-0.4, -0.2) is 38.0 Å². The third kappa shape index (κ3) is 4.13. The van der Waals surface area contributed by atoms with E-state index in [4.69, 9.17) is 4.74 Å². The third-order valence-electron chi connectivity index (χ3n) is 4.76. The molecule has 1 heterocycles. The molecule has 2 aromatic carbocycles. The number of hydrogen-bond acceptors (Lipinski definition) is 5. The van der Waals surface area contributed by atoms with Gasteiger partial charge in [0.1, 0.15) is 11.3 Å². The lowest BCUT2D eigenvalue weighted by Gasteiger charge is -2.26. The first-order valence-electron chi connectivity index (χ1n) is 9.39. The highest BCUT2D eigenvalue weighted by Gasteiger charge is 2.36. The van der Waals surface area contributed by atoms with E-state index in [1.165, 1.54) is 13.2 Å². The Morgan fingerprint density at radius 2 is 1.59 bits per heavy atom. The van der Waals surface area contributed by atoms with Crippen molar-refractivity contribution in [2.45, 2.75) is 13.8 Å². The highest BCUT2D eigenvalue weighted by atomic mass is 16.5. The van der Waals surface area contributed by atoms with Crippen LogP contribution < -0.4 is 19.9 Å². The molecule has 0 unspecified atom stereocenters. The number of rotatable bonds is 6. The molecule has 0 radical (unpaired) electrons. The van der Waals surface area contributed by atoms with Gasteiger partial charge in [-0.05, 0) is 61.9 Å². The van der Waals surface area contributed by atoms with Gasteiger partial charge in [-0.2, -0.15) is 0 Å². The van der Waals surface area contributed by atoms with Crippen molar-refractivity contribution >= 4 is 35.3 Å². The quantitative estimate of drug-likeness (QED) is 0.602. The van der Waals surface area contributed by atoms with Crippen molar-refractivity contribution in [2.24, 2.45) is 0 Å². The Hall–Kier alpha value is -3.61. The second-order valence-corrected chi connectivity index (χ2v) is 6.42. The second kappa shape index (κ2) is 8.60. The highest BCUT2D eigenvalue weighted by Crippen LogP contribution is 2.24. The van der Waals surface area contributed by atoms with E-state index in [0.717, 1.165) is 23.7 Å². The molecule has 7 nitrogen and oxygen atoms in total. The van der Waals surface area contributed by atoms with E-state index in [1.54, 1.807) is 24.3 Å². The van der Waals surface area contributed by atoms with Crippen LogP contribution in [0.1, 0.15) is 19.4 Å². The van der Waals surface area contributed by atoms with Gasteiger partial charge in [-0.25, -0.2) is 9.69 Å². The summed E-state index contributed by atoms with van der Waals surface area (Å²) >= 11 is 0. The molecule has 1 saturated heterocycles. The van der Waals surface area contributed by atoms with Gasteiger partial charge in [0, 0.05) is 18.8 Å². The number of barbiturate groups is 1. The Kier molecular flexibility index (Phi) is 5.97. The summed E-state index contributed by atoms with van der Waals surface area (Å²) in [6.07, 6.45) is 1.49. The van der Waals surface area contributed by atoms with Crippen LogP contribution >= 0.6 is 0 Å². The number of nitrogens with one attached hydrogen (secondary N) is 1. The monoisotopic (exact) mass is 393 g/mol. The van der Waals surface area contributed by atoms with Gasteiger partial charge in [-0.3, -0.25) is 14.9 Å². The molecular formula is C22H23N3O4. The van der Waals surface area contributed by atoms with Gasteiger partial charge in [0.15, 0.2) is 0 Å².